The van der Waals surface area contributed by atoms with Crippen LogP contribution >= 0.6 is 0 Å². The highest BCUT2D eigenvalue weighted by Crippen LogP contribution is 2.48. The molecule has 5 rings (SSSR count). The number of aliphatic hydroxyl groups excluding tert-OH is 4. The standard InChI is InChI=1S/C23H31NO9/c1-24-14-7-12(8-15(24)21-20(14)33-21)31-22(29)13(11-5-3-2-4-6-11)10-30-23-19(28)18(27)17(26)16(9-25)32-23/h2-6,12-21,23,25-28H,7-10H2,1H3/t12?,13?,14-,15+,16-,17-,18+,19-,20-,21+,23-/m1/s1. The summed E-state index contributed by atoms with van der Waals surface area (Å²) in [5.41, 5.74) is 0.689. The van der Waals surface area contributed by atoms with E-state index in [9.17, 15) is 25.2 Å². The van der Waals surface area contributed by atoms with Gasteiger partial charge in [0.15, 0.2) is 6.29 Å². The predicted molar refractivity (Wildman–Crippen MR) is 112 cm³/mol. The van der Waals surface area contributed by atoms with Gasteiger partial charge in [-0.05, 0) is 12.6 Å². The fraction of sp³-hybridized carbons (Fsp3) is 0.696. The van der Waals surface area contributed by atoms with Crippen molar-refractivity contribution in [3.63, 3.8) is 0 Å². The second kappa shape index (κ2) is 9.20. The van der Waals surface area contributed by atoms with Gasteiger partial charge in [0.25, 0.3) is 0 Å². The van der Waals surface area contributed by atoms with Crippen LogP contribution in [0.4, 0.5) is 0 Å². The van der Waals surface area contributed by atoms with E-state index in [1.54, 1.807) is 12.1 Å². The topological polar surface area (TPSA) is 141 Å². The molecule has 33 heavy (non-hydrogen) atoms. The van der Waals surface area contributed by atoms with E-state index >= 15 is 0 Å². The zero-order valence-corrected chi connectivity index (χ0v) is 18.3. The number of carbonyl (C=O) groups excluding carboxylic acids is 1. The molecule has 10 nitrogen and oxygen atoms in total. The quantitative estimate of drug-likeness (QED) is 0.285. The Morgan fingerprint density at radius 1 is 1.06 bits per heavy atom. The summed E-state index contributed by atoms with van der Waals surface area (Å²) in [6.07, 6.45) is -5.26. The molecule has 4 aliphatic rings. The number of likely N-dealkylation sites (N-methyl/N-ethyl adjacent to an activating group) is 1. The molecule has 0 aromatic heterocycles. The molecule has 2 bridgehead atoms. The van der Waals surface area contributed by atoms with Crippen LogP contribution in [0.1, 0.15) is 24.3 Å². The van der Waals surface area contributed by atoms with Gasteiger partial charge in [-0.25, -0.2) is 0 Å². The number of morpholine rings is 1. The number of aliphatic hydroxyl groups is 4. The predicted octanol–water partition coefficient (Wildman–Crippen LogP) is -1.26. The molecule has 0 radical (unpaired) electrons. The van der Waals surface area contributed by atoms with E-state index < -0.39 is 49.2 Å². The summed E-state index contributed by atoms with van der Waals surface area (Å²) >= 11 is 0. The molecule has 10 heteroatoms. The smallest absolute Gasteiger partial charge is 0.316 e. The average Bonchev–Trinajstić information content (AvgIpc) is 3.58. The lowest BCUT2D eigenvalue weighted by Gasteiger charge is -2.40. The van der Waals surface area contributed by atoms with E-state index in [0.717, 1.165) is 12.8 Å². The van der Waals surface area contributed by atoms with Gasteiger partial charge in [0.2, 0.25) is 0 Å². The SMILES string of the molecule is CN1[C@@H]2CC(OC(=O)C(CO[C@@H]3O[C@H](CO)[C@@H](O)[C@H](O)[C@H]3O)c3ccccc3)C[C@H]1[C@@H]1O[C@@H]12. The molecule has 4 fully saturated rings. The highest BCUT2D eigenvalue weighted by molar-refractivity contribution is 5.78. The molecular weight excluding hydrogens is 434 g/mol. The molecule has 4 aliphatic heterocycles. The number of carbonyl (C=O) groups is 1. The van der Waals surface area contributed by atoms with Crippen LogP contribution in [0.15, 0.2) is 30.3 Å². The van der Waals surface area contributed by atoms with Crippen molar-refractivity contribution < 1.29 is 44.2 Å². The largest absolute Gasteiger partial charge is 0.462 e. The lowest BCUT2D eigenvalue weighted by Crippen LogP contribution is -2.59. The van der Waals surface area contributed by atoms with E-state index in [0.29, 0.717) is 5.56 Å². The fourth-order valence-electron chi connectivity index (χ4n) is 5.43. The zero-order chi connectivity index (χ0) is 23.3. The number of rotatable bonds is 7. The molecule has 2 unspecified atom stereocenters. The van der Waals surface area contributed by atoms with Crippen LogP contribution in [0.25, 0.3) is 0 Å². The van der Waals surface area contributed by atoms with E-state index in [2.05, 4.69) is 11.9 Å². The molecule has 0 saturated carbocycles. The molecule has 1 aromatic rings. The average molecular weight is 465 g/mol. The maximum Gasteiger partial charge on any atom is 0.316 e. The van der Waals surface area contributed by atoms with Gasteiger partial charge in [0.05, 0.1) is 13.2 Å². The van der Waals surface area contributed by atoms with Crippen LogP contribution in [0, 0.1) is 0 Å². The molecular formula is C23H31NO9. The summed E-state index contributed by atoms with van der Waals surface area (Å²) in [6.45, 7) is -0.724. The molecule has 11 atom stereocenters. The molecule has 182 valence electrons. The van der Waals surface area contributed by atoms with Crippen LogP contribution < -0.4 is 0 Å². The van der Waals surface area contributed by atoms with E-state index in [4.69, 9.17) is 18.9 Å². The number of piperidine rings is 1. The lowest BCUT2D eigenvalue weighted by molar-refractivity contribution is -0.301. The van der Waals surface area contributed by atoms with Gasteiger partial charge in [-0.2, -0.15) is 0 Å². The van der Waals surface area contributed by atoms with Crippen molar-refractivity contribution >= 4 is 5.97 Å². The molecule has 0 amide bonds. The first kappa shape index (κ1) is 23.1. The highest BCUT2D eigenvalue weighted by atomic mass is 16.7. The Bertz CT molecular complexity index is 820. The molecule has 4 N–H and O–H groups in total. The Hall–Kier alpha value is -1.63. The first-order valence-electron chi connectivity index (χ1n) is 11.4. The van der Waals surface area contributed by atoms with Gasteiger partial charge >= 0.3 is 5.97 Å². The van der Waals surface area contributed by atoms with Crippen LogP contribution in [-0.2, 0) is 23.7 Å². The number of fused-ring (bicyclic) bond motifs is 5. The van der Waals surface area contributed by atoms with Crippen molar-refractivity contribution in [2.24, 2.45) is 0 Å². The van der Waals surface area contributed by atoms with Crippen molar-refractivity contribution in [2.45, 2.75) is 79.9 Å². The van der Waals surface area contributed by atoms with E-state index in [1.165, 1.54) is 0 Å². The summed E-state index contributed by atoms with van der Waals surface area (Å²) in [7, 11) is 2.09. The third-order valence-corrected chi connectivity index (χ3v) is 7.42. The Morgan fingerprint density at radius 2 is 1.73 bits per heavy atom. The highest BCUT2D eigenvalue weighted by Gasteiger charge is 2.63. The first-order valence-corrected chi connectivity index (χ1v) is 11.4. The van der Waals surface area contributed by atoms with Crippen LogP contribution in [-0.4, -0.2) is 113 Å². The lowest BCUT2D eigenvalue weighted by atomic mass is 9.97. The summed E-state index contributed by atoms with van der Waals surface area (Å²) < 4.78 is 22.7. The number of hydrogen-bond donors (Lipinski definition) is 4. The summed E-state index contributed by atoms with van der Waals surface area (Å²) in [5.74, 6) is -1.21. The number of ether oxygens (including phenoxy) is 4. The Morgan fingerprint density at radius 3 is 2.36 bits per heavy atom. The monoisotopic (exact) mass is 465 g/mol. The number of nitrogens with zero attached hydrogens (tertiary/aromatic N) is 1. The van der Waals surface area contributed by atoms with E-state index in [1.807, 2.05) is 18.2 Å². The van der Waals surface area contributed by atoms with Crippen LogP contribution in [0.5, 0.6) is 0 Å². The normalized spacial score (nSPS) is 43.1. The number of benzene rings is 1. The van der Waals surface area contributed by atoms with Gasteiger partial charge in [0, 0.05) is 24.9 Å². The first-order chi connectivity index (χ1) is 15.9. The Labute approximate surface area is 191 Å². The Balaban J connectivity index is 1.25. The number of hydrogen-bond acceptors (Lipinski definition) is 10. The van der Waals surface area contributed by atoms with Gasteiger partial charge in [-0.15, -0.1) is 0 Å². The number of esters is 1. The van der Waals surface area contributed by atoms with Crippen molar-refractivity contribution in [1.82, 2.24) is 4.90 Å². The van der Waals surface area contributed by atoms with Gasteiger partial charge < -0.3 is 39.4 Å². The van der Waals surface area contributed by atoms with Crippen LogP contribution in [0.2, 0.25) is 0 Å². The van der Waals surface area contributed by atoms with Crippen LogP contribution in [0.3, 0.4) is 0 Å². The Kier molecular flexibility index (Phi) is 6.45. The summed E-state index contributed by atoms with van der Waals surface area (Å²) in [4.78, 5) is 15.6. The van der Waals surface area contributed by atoms with E-state index in [-0.39, 0.29) is 37.0 Å². The minimum absolute atomic E-state index is 0.167. The summed E-state index contributed by atoms with van der Waals surface area (Å²) in [6, 6.07) is 9.56. The molecule has 0 spiro atoms. The molecule has 0 aliphatic carbocycles. The van der Waals surface area contributed by atoms with Crippen molar-refractivity contribution in [2.75, 3.05) is 20.3 Å². The minimum Gasteiger partial charge on any atom is -0.462 e. The van der Waals surface area contributed by atoms with Crippen molar-refractivity contribution in [3.8, 4) is 0 Å². The fourth-order valence-corrected chi connectivity index (χ4v) is 5.43. The minimum atomic E-state index is -1.55. The second-order valence-corrected chi connectivity index (χ2v) is 9.39. The molecule has 4 saturated heterocycles. The second-order valence-electron chi connectivity index (χ2n) is 9.39. The van der Waals surface area contributed by atoms with Crippen molar-refractivity contribution in [3.05, 3.63) is 35.9 Å². The van der Waals surface area contributed by atoms with Crippen molar-refractivity contribution in [1.29, 1.82) is 0 Å². The number of epoxide rings is 1. The maximum atomic E-state index is 13.2. The third-order valence-electron chi connectivity index (χ3n) is 7.42. The third kappa shape index (κ3) is 4.30. The molecule has 1 aromatic carbocycles. The molecule has 4 heterocycles. The zero-order valence-electron chi connectivity index (χ0n) is 18.3. The maximum absolute atomic E-state index is 13.2. The summed E-state index contributed by atoms with van der Waals surface area (Å²) in [5, 5.41) is 39.6. The van der Waals surface area contributed by atoms with Gasteiger partial charge in [-0.1, -0.05) is 30.3 Å². The van der Waals surface area contributed by atoms with Gasteiger partial charge in [-0.3, -0.25) is 9.69 Å². The van der Waals surface area contributed by atoms with Gasteiger partial charge in [0.1, 0.15) is 48.6 Å².